The molecular weight excluding hydrogens is 505 g/mol. The topological polar surface area (TPSA) is 85.3 Å². The van der Waals surface area contributed by atoms with E-state index in [2.05, 4.69) is 0 Å². The van der Waals surface area contributed by atoms with Crippen molar-refractivity contribution in [2.24, 2.45) is 0 Å². The summed E-state index contributed by atoms with van der Waals surface area (Å²) in [5.41, 5.74) is 1.08. The summed E-state index contributed by atoms with van der Waals surface area (Å²) >= 11 is 12.3. The molecule has 1 unspecified atom stereocenters. The van der Waals surface area contributed by atoms with Crippen LogP contribution in [0.25, 0.3) is 5.76 Å². The average molecular weight is 528 g/mol. The second-order valence-electron chi connectivity index (χ2n) is 7.83. The first-order chi connectivity index (χ1) is 17.3. The highest BCUT2D eigenvalue weighted by atomic mass is 35.5. The Morgan fingerprint density at radius 2 is 1.58 bits per heavy atom. The van der Waals surface area contributed by atoms with Crippen LogP contribution in [0.2, 0.25) is 10.0 Å². The van der Waals surface area contributed by atoms with E-state index in [1.807, 2.05) is 6.92 Å². The smallest absolute Gasteiger partial charge is 0.300 e. The number of amides is 1. The van der Waals surface area contributed by atoms with Crippen molar-refractivity contribution >= 4 is 46.3 Å². The zero-order chi connectivity index (χ0) is 26.0. The van der Waals surface area contributed by atoms with E-state index in [0.717, 1.165) is 0 Å². The van der Waals surface area contributed by atoms with Crippen LogP contribution < -0.4 is 19.1 Å². The van der Waals surface area contributed by atoms with Gasteiger partial charge in [-0.1, -0.05) is 35.3 Å². The second kappa shape index (κ2) is 10.5. The molecule has 1 aliphatic heterocycles. The molecule has 1 heterocycles. The first-order valence-corrected chi connectivity index (χ1v) is 11.8. The van der Waals surface area contributed by atoms with Crippen LogP contribution in [-0.4, -0.2) is 37.6 Å². The highest BCUT2D eigenvalue weighted by Crippen LogP contribution is 2.45. The number of nitrogens with zero attached hydrogens (tertiary/aromatic N) is 1. The van der Waals surface area contributed by atoms with Crippen LogP contribution in [0.3, 0.4) is 0 Å². The molecule has 0 aromatic heterocycles. The van der Waals surface area contributed by atoms with Gasteiger partial charge >= 0.3 is 0 Å². The lowest BCUT2D eigenvalue weighted by Gasteiger charge is -2.26. The number of ketones is 1. The van der Waals surface area contributed by atoms with Crippen molar-refractivity contribution in [3.8, 4) is 17.2 Å². The molecule has 1 aliphatic rings. The first-order valence-electron chi connectivity index (χ1n) is 11.0. The van der Waals surface area contributed by atoms with Gasteiger partial charge in [0.2, 0.25) is 0 Å². The number of hydrogen-bond donors (Lipinski definition) is 1. The molecule has 4 rings (SSSR count). The Bertz CT molecular complexity index is 1340. The third-order valence-corrected chi connectivity index (χ3v) is 6.33. The van der Waals surface area contributed by atoms with Gasteiger partial charge in [0, 0.05) is 16.8 Å². The van der Waals surface area contributed by atoms with Crippen LogP contribution in [0.4, 0.5) is 5.69 Å². The highest BCUT2D eigenvalue weighted by molar-refractivity contribution is 6.51. The van der Waals surface area contributed by atoms with Gasteiger partial charge in [-0.25, -0.2) is 0 Å². The zero-order valence-electron chi connectivity index (χ0n) is 19.7. The van der Waals surface area contributed by atoms with Gasteiger partial charge in [0.05, 0.1) is 43.0 Å². The number of benzene rings is 3. The number of Topliss-reactive ketones (excluding diaryl/α,β-unsaturated/α-hetero) is 1. The SMILES string of the molecule is CCOc1ccc(N2C(=O)C(=O)/C(=C(/O)c3cc(OC)c(Cl)cc3OC)C2c2ccc(Cl)cc2)cc1. The summed E-state index contributed by atoms with van der Waals surface area (Å²) in [5.74, 6) is -0.964. The monoisotopic (exact) mass is 527 g/mol. The van der Waals surface area contributed by atoms with E-state index in [-0.39, 0.29) is 27.7 Å². The average Bonchev–Trinajstić information content (AvgIpc) is 3.14. The van der Waals surface area contributed by atoms with Crippen molar-refractivity contribution in [1.82, 2.24) is 0 Å². The van der Waals surface area contributed by atoms with Gasteiger partial charge in [-0.05, 0) is 55.0 Å². The summed E-state index contributed by atoms with van der Waals surface area (Å²) in [6.07, 6.45) is 0. The molecule has 0 saturated carbocycles. The summed E-state index contributed by atoms with van der Waals surface area (Å²) in [4.78, 5) is 28.1. The molecule has 1 fully saturated rings. The van der Waals surface area contributed by atoms with E-state index in [1.165, 1.54) is 31.3 Å². The van der Waals surface area contributed by atoms with Crippen molar-refractivity contribution < 1.29 is 28.9 Å². The van der Waals surface area contributed by atoms with Gasteiger partial charge < -0.3 is 19.3 Å². The molecule has 1 amide bonds. The normalized spacial score (nSPS) is 16.8. The fourth-order valence-electron chi connectivity index (χ4n) is 4.12. The van der Waals surface area contributed by atoms with Crippen LogP contribution >= 0.6 is 23.2 Å². The number of carbonyl (C=O) groups excluding carboxylic acids is 2. The highest BCUT2D eigenvalue weighted by Gasteiger charge is 2.47. The molecule has 0 radical (unpaired) electrons. The van der Waals surface area contributed by atoms with Gasteiger partial charge in [-0.3, -0.25) is 14.5 Å². The van der Waals surface area contributed by atoms with Gasteiger partial charge in [0.25, 0.3) is 11.7 Å². The number of carbonyl (C=O) groups is 2. The maximum atomic E-state index is 13.4. The van der Waals surface area contributed by atoms with E-state index in [4.69, 9.17) is 37.4 Å². The third-order valence-electron chi connectivity index (χ3n) is 5.79. The fourth-order valence-corrected chi connectivity index (χ4v) is 4.48. The quantitative estimate of drug-likeness (QED) is 0.229. The van der Waals surface area contributed by atoms with Crippen molar-refractivity contribution in [3.63, 3.8) is 0 Å². The lowest BCUT2D eigenvalue weighted by Crippen LogP contribution is -2.29. The predicted octanol–water partition coefficient (Wildman–Crippen LogP) is 6.04. The Hall–Kier alpha value is -3.68. The van der Waals surface area contributed by atoms with Gasteiger partial charge in [0.15, 0.2) is 0 Å². The molecular formula is C27H23Cl2NO6. The Morgan fingerprint density at radius 3 is 2.17 bits per heavy atom. The first kappa shape index (κ1) is 25.4. The number of ether oxygens (including phenoxy) is 3. The Kier molecular flexibility index (Phi) is 7.43. The van der Waals surface area contributed by atoms with Gasteiger partial charge in [0.1, 0.15) is 23.0 Å². The summed E-state index contributed by atoms with van der Waals surface area (Å²) < 4.78 is 16.2. The Balaban J connectivity index is 1.94. The maximum absolute atomic E-state index is 13.4. The number of hydrogen-bond acceptors (Lipinski definition) is 6. The summed E-state index contributed by atoms with van der Waals surface area (Å²) in [5, 5.41) is 12.2. The lowest BCUT2D eigenvalue weighted by molar-refractivity contribution is -0.132. The van der Waals surface area contributed by atoms with E-state index in [9.17, 15) is 14.7 Å². The minimum absolute atomic E-state index is 0.112. The Morgan fingerprint density at radius 1 is 0.944 bits per heavy atom. The molecule has 186 valence electrons. The summed E-state index contributed by atoms with van der Waals surface area (Å²) in [7, 11) is 2.83. The number of aliphatic hydroxyl groups excluding tert-OH is 1. The number of methoxy groups -OCH3 is 2. The van der Waals surface area contributed by atoms with E-state index in [1.54, 1.807) is 48.5 Å². The molecule has 7 nitrogen and oxygen atoms in total. The van der Waals surface area contributed by atoms with Gasteiger partial charge in [-0.2, -0.15) is 0 Å². The molecule has 3 aromatic carbocycles. The molecule has 36 heavy (non-hydrogen) atoms. The minimum Gasteiger partial charge on any atom is -0.507 e. The number of anilines is 1. The molecule has 9 heteroatoms. The number of aliphatic hydroxyl groups is 1. The van der Waals surface area contributed by atoms with E-state index >= 15 is 0 Å². The minimum atomic E-state index is -0.938. The van der Waals surface area contributed by atoms with Crippen LogP contribution in [0.5, 0.6) is 17.2 Å². The lowest BCUT2D eigenvalue weighted by atomic mass is 9.94. The largest absolute Gasteiger partial charge is 0.507 e. The molecule has 1 saturated heterocycles. The molecule has 0 spiro atoms. The van der Waals surface area contributed by atoms with E-state index < -0.39 is 23.5 Å². The molecule has 0 aliphatic carbocycles. The number of halogens is 2. The van der Waals surface area contributed by atoms with Crippen LogP contribution in [-0.2, 0) is 9.59 Å². The van der Waals surface area contributed by atoms with Crippen molar-refractivity contribution in [2.45, 2.75) is 13.0 Å². The fraction of sp³-hybridized carbons (Fsp3) is 0.185. The van der Waals surface area contributed by atoms with Gasteiger partial charge in [-0.15, -0.1) is 0 Å². The number of rotatable bonds is 7. The van der Waals surface area contributed by atoms with Crippen molar-refractivity contribution in [2.75, 3.05) is 25.7 Å². The molecule has 0 bridgehead atoms. The molecule has 1 N–H and O–H groups in total. The van der Waals surface area contributed by atoms with Crippen LogP contribution in [0, 0.1) is 0 Å². The molecule has 3 aromatic rings. The standard InChI is InChI=1S/C27H23Cl2NO6/c1-4-36-18-11-9-17(10-12-18)30-24(15-5-7-16(28)8-6-15)23(26(32)27(30)33)25(31)19-13-22(35-3)20(29)14-21(19)34-2/h5-14,24,31H,4H2,1-3H3/b25-23+. The van der Waals surface area contributed by atoms with Crippen molar-refractivity contribution in [3.05, 3.63) is 87.4 Å². The molecule has 1 atom stereocenters. The Labute approximate surface area is 218 Å². The van der Waals surface area contributed by atoms with Crippen LogP contribution in [0.1, 0.15) is 24.1 Å². The summed E-state index contributed by atoms with van der Waals surface area (Å²) in [6.45, 7) is 2.36. The summed E-state index contributed by atoms with van der Waals surface area (Å²) in [6, 6.07) is 15.5. The predicted molar refractivity (Wildman–Crippen MR) is 138 cm³/mol. The van der Waals surface area contributed by atoms with Crippen LogP contribution in [0.15, 0.2) is 66.2 Å². The van der Waals surface area contributed by atoms with Crippen molar-refractivity contribution in [1.29, 1.82) is 0 Å². The van der Waals surface area contributed by atoms with E-state index in [0.29, 0.717) is 28.6 Å². The second-order valence-corrected chi connectivity index (χ2v) is 8.68. The third kappa shape index (κ3) is 4.59. The zero-order valence-corrected chi connectivity index (χ0v) is 21.3. The maximum Gasteiger partial charge on any atom is 0.300 e.